The zero-order valence-electron chi connectivity index (χ0n) is 9.64. The molecule has 0 bridgehead atoms. The molecule has 1 unspecified atom stereocenters. The largest absolute Gasteiger partial charge is 0.385 e. The van der Waals surface area contributed by atoms with Gasteiger partial charge in [-0.25, -0.2) is 4.39 Å². The number of benzene rings is 1. The zero-order chi connectivity index (χ0) is 12.4. The van der Waals surface area contributed by atoms with Gasteiger partial charge in [0.25, 0.3) is 5.89 Å². The quantitative estimate of drug-likeness (QED) is 0.889. The summed E-state index contributed by atoms with van der Waals surface area (Å²) in [5, 5.41) is 13.3. The molecule has 0 aliphatic rings. The van der Waals surface area contributed by atoms with Gasteiger partial charge in [0, 0.05) is 5.56 Å². The molecule has 0 spiro atoms. The first kappa shape index (κ1) is 11.7. The maximum absolute atomic E-state index is 12.9. The van der Waals surface area contributed by atoms with E-state index in [4.69, 9.17) is 4.52 Å². The van der Waals surface area contributed by atoms with Crippen molar-refractivity contribution in [1.82, 2.24) is 10.1 Å². The van der Waals surface area contributed by atoms with Crippen LogP contribution in [0.4, 0.5) is 4.39 Å². The lowest BCUT2D eigenvalue weighted by atomic mass is 10.1. The second-order valence-corrected chi connectivity index (χ2v) is 3.84. The molecule has 1 N–H and O–H groups in total. The van der Waals surface area contributed by atoms with E-state index < -0.39 is 6.10 Å². The van der Waals surface area contributed by atoms with Gasteiger partial charge in [-0.2, -0.15) is 4.98 Å². The predicted molar refractivity (Wildman–Crippen MR) is 59.7 cm³/mol. The zero-order valence-corrected chi connectivity index (χ0v) is 9.64. The molecule has 0 saturated heterocycles. The minimum absolute atomic E-state index is 0.256. The third-order valence-electron chi connectivity index (χ3n) is 2.55. The van der Waals surface area contributed by atoms with E-state index in [1.807, 2.05) is 6.92 Å². The molecule has 0 amide bonds. The number of rotatable bonds is 3. The summed E-state index contributed by atoms with van der Waals surface area (Å²) in [5.41, 5.74) is 1.39. The molecule has 90 valence electrons. The molecule has 17 heavy (non-hydrogen) atoms. The van der Waals surface area contributed by atoms with E-state index in [1.165, 1.54) is 12.1 Å². The van der Waals surface area contributed by atoms with Gasteiger partial charge in [-0.1, -0.05) is 12.1 Å². The van der Waals surface area contributed by atoms with Gasteiger partial charge in [-0.05, 0) is 37.1 Å². The van der Waals surface area contributed by atoms with Crippen molar-refractivity contribution in [1.29, 1.82) is 0 Å². The molecule has 1 aromatic carbocycles. The Labute approximate surface area is 98.1 Å². The van der Waals surface area contributed by atoms with Crippen LogP contribution in [0.2, 0.25) is 0 Å². The Balaban J connectivity index is 2.37. The van der Waals surface area contributed by atoms with E-state index in [9.17, 15) is 9.50 Å². The fraction of sp³-hybridized carbons (Fsp3) is 0.333. The topological polar surface area (TPSA) is 59.2 Å². The van der Waals surface area contributed by atoms with Crippen molar-refractivity contribution in [2.75, 3.05) is 0 Å². The summed E-state index contributed by atoms with van der Waals surface area (Å²) in [7, 11) is 0. The van der Waals surface area contributed by atoms with Crippen LogP contribution >= 0.6 is 0 Å². The standard InChI is InChI=1S/C12H13FN2O2/c1-3-10(16)11-14-12(17-15-11)9-5-4-8(13)6-7(9)2/h4-6,10,16H,3H2,1-2H3. The monoisotopic (exact) mass is 236 g/mol. The van der Waals surface area contributed by atoms with Crippen molar-refractivity contribution < 1.29 is 14.0 Å². The summed E-state index contributed by atoms with van der Waals surface area (Å²) in [6.45, 7) is 3.59. The number of hydrogen-bond acceptors (Lipinski definition) is 4. The fourth-order valence-electron chi connectivity index (χ4n) is 1.53. The van der Waals surface area contributed by atoms with Gasteiger partial charge in [0.15, 0.2) is 0 Å². The number of aliphatic hydroxyl groups is 1. The molecule has 2 rings (SSSR count). The summed E-state index contributed by atoms with van der Waals surface area (Å²) >= 11 is 0. The first-order chi connectivity index (χ1) is 8.11. The Hall–Kier alpha value is -1.75. The summed E-state index contributed by atoms with van der Waals surface area (Å²) in [6, 6.07) is 4.32. The third-order valence-corrected chi connectivity index (χ3v) is 2.55. The molecule has 0 fully saturated rings. The van der Waals surface area contributed by atoms with E-state index in [0.29, 0.717) is 23.4 Å². The van der Waals surface area contributed by atoms with Crippen LogP contribution in [0.1, 0.15) is 30.8 Å². The second-order valence-electron chi connectivity index (χ2n) is 3.84. The number of aromatic nitrogens is 2. The van der Waals surface area contributed by atoms with Crippen LogP contribution in [-0.4, -0.2) is 15.2 Å². The first-order valence-corrected chi connectivity index (χ1v) is 5.40. The molecule has 2 aromatic rings. The summed E-state index contributed by atoms with van der Waals surface area (Å²) in [4.78, 5) is 4.09. The maximum atomic E-state index is 12.9. The molecule has 0 aliphatic carbocycles. The predicted octanol–water partition coefficient (Wildman–Crippen LogP) is 2.63. The Morgan fingerprint density at radius 3 is 2.88 bits per heavy atom. The molecule has 1 aromatic heterocycles. The normalized spacial score (nSPS) is 12.7. The van der Waals surface area contributed by atoms with E-state index in [1.54, 1.807) is 13.0 Å². The van der Waals surface area contributed by atoms with Crippen molar-refractivity contribution in [3.8, 4) is 11.5 Å². The van der Waals surface area contributed by atoms with Crippen LogP contribution in [0.25, 0.3) is 11.5 Å². The lowest BCUT2D eigenvalue weighted by molar-refractivity contribution is 0.159. The minimum atomic E-state index is -0.728. The molecule has 1 heterocycles. The summed E-state index contributed by atoms with van der Waals surface area (Å²) in [5.74, 6) is 0.246. The van der Waals surface area contributed by atoms with Crippen LogP contribution in [-0.2, 0) is 0 Å². The van der Waals surface area contributed by atoms with Gasteiger partial charge in [0.1, 0.15) is 11.9 Å². The number of aryl methyl sites for hydroxylation is 1. The lowest BCUT2D eigenvalue weighted by Crippen LogP contribution is -1.97. The van der Waals surface area contributed by atoms with Crippen molar-refractivity contribution in [2.45, 2.75) is 26.4 Å². The maximum Gasteiger partial charge on any atom is 0.258 e. The van der Waals surface area contributed by atoms with Crippen LogP contribution in [0, 0.1) is 12.7 Å². The second kappa shape index (κ2) is 4.63. The molecular weight excluding hydrogens is 223 g/mol. The van der Waals surface area contributed by atoms with E-state index >= 15 is 0 Å². The van der Waals surface area contributed by atoms with E-state index in [0.717, 1.165) is 0 Å². The van der Waals surface area contributed by atoms with Crippen LogP contribution < -0.4 is 0 Å². The Bertz CT molecular complexity index is 525. The Morgan fingerprint density at radius 1 is 1.47 bits per heavy atom. The van der Waals surface area contributed by atoms with Gasteiger partial charge in [0.2, 0.25) is 5.82 Å². The SMILES string of the molecule is CCC(O)c1noc(-c2ccc(F)cc2C)n1. The number of hydrogen-bond donors (Lipinski definition) is 1. The molecule has 0 radical (unpaired) electrons. The highest BCUT2D eigenvalue weighted by molar-refractivity contribution is 5.57. The average molecular weight is 236 g/mol. The van der Waals surface area contributed by atoms with Gasteiger partial charge in [-0.15, -0.1) is 0 Å². The van der Waals surface area contributed by atoms with Gasteiger partial charge in [-0.3, -0.25) is 0 Å². The smallest absolute Gasteiger partial charge is 0.258 e. The van der Waals surface area contributed by atoms with Crippen molar-refractivity contribution >= 4 is 0 Å². The highest BCUT2D eigenvalue weighted by atomic mass is 19.1. The van der Waals surface area contributed by atoms with Crippen molar-refractivity contribution in [2.24, 2.45) is 0 Å². The van der Waals surface area contributed by atoms with Crippen LogP contribution in [0.3, 0.4) is 0 Å². The first-order valence-electron chi connectivity index (χ1n) is 5.40. The number of aliphatic hydroxyl groups excluding tert-OH is 1. The van der Waals surface area contributed by atoms with E-state index in [-0.39, 0.29) is 11.6 Å². The van der Waals surface area contributed by atoms with E-state index in [2.05, 4.69) is 10.1 Å². The molecule has 0 aliphatic heterocycles. The van der Waals surface area contributed by atoms with Crippen LogP contribution in [0.5, 0.6) is 0 Å². The highest BCUT2D eigenvalue weighted by Gasteiger charge is 2.16. The Kier molecular flexibility index (Phi) is 3.19. The van der Waals surface area contributed by atoms with Gasteiger partial charge in [0.05, 0.1) is 0 Å². The summed E-state index contributed by atoms with van der Waals surface area (Å²) in [6.07, 6.45) is -0.213. The number of halogens is 1. The lowest BCUT2D eigenvalue weighted by Gasteiger charge is -2.00. The highest BCUT2D eigenvalue weighted by Crippen LogP contribution is 2.24. The van der Waals surface area contributed by atoms with Gasteiger partial charge >= 0.3 is 0 Å². The number of nitrogens with zero attached hydrogens (tertiary/aromatic N) is 2. The minimum Gasteiger partial charge on any atom is -0.385 e. The molecule has 0 saturated carbocycles. The molecular formula is C12H13FN2O2. The fourth-order valence-corrected chi connectivity index (χ4v) is 1.53. The summed E-state index contributed by atoms with van der Waals surface area (Å²) < 4.78 is 18.0. The molecule has 5 heteroatoms. The van der Waals surface area contributed by atoms with Gasteiger partial charge < -0.3 is 9.63 Å². The Morgan fingerprint density at radius 2 is 2.24 bits per heavy atom. The average Bonchev–Trinajstić information content (AvgIpc) is 2.77. The van der Waals surface area contributed by atoms with Crippen molar-refractivity contribution in [3.63, 3.8) is 0 Å². The molecule has 1 atom stereocenters. The third kappa shape index (κ3) is 2.34. The van der Waals surface area contributed by atoms with Crippen LogP contribution in [0.15, 0.2) is 22.7 Å². The van der Waals surface area contributed by atoms with Crippen molar-refractivity contribution in [3.05, 3.63) is 35.4 Å². The molecule has 4 nitrogen and oxygen atoms in total.